The number of benzene rings is 3. The number of hydrogen-bond acceptors (Lipinski definition) is 0. The van der Waals surface area contributed by atoms with Crippen LogP contribution in [0.15, 0.2) is 54.7 Å². The molecule has 0 bridgehead atoms. The third-order valence-corrected chi connectivity index (χ3v) is 6.15. The standard InChI is InChI=1S/C24H18FN2/c1-13-11-15-5-4-6-20-22(15)21(14(13)2)24-23-17(9-10-26(24)3)18-12-16(25)7-8-19(18)27(20)23/h4-12H,1-3H3/q+1. The van der Waals surface area contributed by atoms with Crippen LogP contribution in [0.2, 0.25) is 0 Å². The van der Waals surface area contributed by atoms with Crippen molar-refractivity contribution in [2.45, 2.75) is 13.8 Å². The molecule has 0 aliphatic heterocycles. The van der Waals surface area contributed by atoms with Gasteiger partial charge in [-0.25, -0.2) is 4.39 Å². The highest BCUT2D eigenvalue weighted by atomic mass is 19.1. The fraction of sp³-hybridized carbons (Fsp3) is 0.125. The number of fused-ring (bicyclic) bond motifs is 5. The molecule has 0 fully saturated rings. The van der Waals surface area contributed by atoms with Crippen molar-refractivity contribution >= 4 is 49.0 Å². The van der Waals surface area contributed by atoms with E-state index in [1.807, 2.05) is 6.07 Å². The van der Waals surface area contributed by atoms with E-state index in [1.54, 1.807) is 12.1 Å². The molecule has 0 atom stereocenters. The van der Waals surface area contributed by atoms with Crippen LogP contribution < -0.4 is 4.57 Å². The molecule has 0 aliphatic carbocycles. The topological polar surface area (TPSA) is 8.29 Å². The lowest BCUT2D eigenvalue weighted by atomic mass is 9.94. The van der Waals surface area contributed by atoms with Crippen LogP contribution in [-0.2, 0) is 7.05 Å². The lowest BCUT2D eigenvalue weighted by Crippen LogP contribution is -2.29. The van der Waals surface area contributed by atoms with Gasteiger partial charge >= 0.3 is 0 Å². The van der Waals surface area contributed by atoms with Gasteiger partial charge in [0.2, 0.25) is 5.52 Å². The molecule has 0 saturated heterocycles. The van der Waals surface area contributed by atoms with Crippen LogP contribution in [0.3, 0.4) is 0 Å². The summed E-state index contributed by atoms with van der Waals surface area (Å²) in [5.74, 6) is -0.196. The van der Waals surface area contributed by atoms with Gasteiger partial charge in [-0.15, -0.1) is 0 Å². The van der Waals surface area contributed by atoms with Gasteiger partial charge in [0, 0.05) is 22.2 Å². The van der Waals surface area contributed by atoms with Crippen LogP contribution in [0.25, 0.3) is 49.0 Å². The summed E-state index contributed by atoms with van der Waals surface area (Å²) in [5.41, 5.74) is 7.19. The lowest BCUT2D eigenvalue weighted by Gasteiger charge is -2.14. The largest absolute Gasteiger partial charge is 0.303 e. The Morgan fingerprint density at radius 1 is 0.889 bits per heavy atom. The predicted octanol–water partition coefficient (Wildman–Crippen LogP) is 5.57. The lowest BCUT2D eigenvalue weighted by molar-refractivity contribution is -0.644. The van der Waals surface area contributed by atoms with Gasteiger partial charge in [0.25, 0.3) is 0 Å². The Morgan fingerprint density at radius 3 is 2.59 bits per heavy atom. The molecule has 130 valence electrons. The molecule has 3 heterocycles. The predicted molar refractivity (Wildman–Crippen MR) is 109 cm³/mol. The van der Waals surface area contributed by atoms with E-state index in [0.29, 0.717) is 0 Å². The van der Waals surface area contributed by atoms with Crippen LogP contribution in [-0.4, -0.2) is 4.40 Å². The summed E-state index contributed by atoms with van der Waals surface area (Å²) in [6, 6.07) is 16.0. The molecule has 3 aromatic carbocycles. The Labute approximate surface area is 155 Å². The molecule has 6 rings (SSSR count). The molecule has 27 heavy (non-hydrogen) atoms. The first-order valence-corrected chi connectivity index (χ1v) is 9.22. The molecule has 3 heteroatoms. The maximum absolute atomic E-state index is 14.1. The van der Waals surface area contributed by atoms with Gasteiger partial charge in [-0.2, -0.15) is 4.57 Å². The highest BCUT2D eigenvalue weighted by Crippen LogP contribution is 2.40. The number of hydrogen-bond donors (Lipinski definition) is 0. The highest BCUT2D eigenvalue weighted by molar-refractivity contribution is 6.25. The molecular weight excluding hydrogens is 335 g/mol. The summed E-state index contributed by atoms with van der Waals surface area (Å²) in [6.07, 6.45) is 2.09. The maximum atomic E-state index is 14.1. The molecule has 0 radical (unpaired) electrons. The number of nitrogens with zero attached hydrogens (tertiary/aromatic N) is 2. The Hall–Kier alpha value is -3.20. The monoisotopic (exact) mass is 353 g/mol. The molecule has 0 spiro atoms. The molecule has 0 N–H and O–H groups in total. The first-order valence-electron chi connectivity index (χ1n) is 9.22. The maximum Gasteiger partial charge on any atom is 0.238 e. The molecular formula is C24H18FN2+. The van der Waals surface area contributed by atoms with Gasteiger partial charge in [-0.05, 0) is 54.6 Å². The molecule has 3 aromatic heterocycles. The SMILES string of the molecule is Cc1cc2cccc3c2c(c1C)c1c2c(cc[n+]1C)c1cc(F)ccc1n32. The minimum Gasteiger partial charge on any atom is -0.303 e. The molecule has 2 nitrogen and oxygen atoms in total. The average molecular weight is 353 g/mol. The third kappa shape index (κ3) is 1.67. The van der Waals surface area contributed by atoms with Crippen LogP contribution in [0.1, 0.15) is 11.1 Å². The summed E-state index contributed by atoms with van der Waals surface area (Å²) in [5, 5.41) is 5.88. The zero-order valence-corrected chi connectivity index (χ0v) is 15.5. The van der Waals surface area contributed by atoms with Crippen molar-refractivity contribution in [3.8, 4) is 0 Å². The minimum absolute atomic E-state index is 0.196. The fourth-order valence-corrected chi connectivity index (χ4v) is 4.82. The van der Waals surface area contributed by atoms with Crippen molar-refractivity contribution < 1.29 is 8.96 Å². The van der Waals surface area contributed by atoms with Gasteiger partial charge in [0.15, 0.2) is 6.20 Å². The van der Waals surface area contributed by atoms with Gasteiger partial charge in [-0.3, -0.25) is 0 Å². The third-order valence-electron chi connectivity index (χ3n) is 6.15. The number of halogens is 1. The molecule has 0 saturated carbocycles. The Morgan fingerprint density at radius 2 is 1.74 bits per heavy atom. The second kappa shape index (κ2) is 4.74. The Kier molecular flexibility index (Phi) is 2.62. The fourth-order valence-electron chi connectivity index (χ4n) is 4.82. The summed E-state index contributed by atoms with van der Waals surface area (Å²) in [7, 11) is 2.10. The van der Waals surface area contributed by atoms with Gasteiger partial charge in [0.1, 0.15) is 18.4 Å². The summed E-state index contributed by atoms with van der Waals surface area (Å²) >= 11 is 0. The van der Waals surface area contributed by atoms with Gasteiger partial charge in [0.05, 0.1) is 16.4 Å². The second-order valence-corrected chi connectivity index (χ2v) is 7.60. The van der Waals surface area contributed by atoms with Crippen molar-refractivity contribution in [3.05, 3.63) is 71.7 Å². The zero-order chi connectivity index (χ0) is 18.4. The van der Waals surface area contributed by atoms with Gasteiger partial charge in [-0.1, -0.05) is 18.2 Å². The molecule has 0 amide bonds. The summed E-state index contributed by atoms with van der Waals surface area (Å²) in [4.78, 5) is 0. The van der Waals surface area contributed by atoms with Crippen molar-refractivity contribution in [2.75, 3.05) is 0 Å². The average Bonchev–Trinajstić information content (AvgIpc) is 2.97. The normalized spacial score (nSPS) is 12.4. The minimum atomic E-state index is -0.196. The Balaban J connectivity index is 2.14. The Bertz CT molecular complexity index is 1560. The van der Waals surface area contributed by atoms with E-state index >= 15 is 0 Å². The number of aromatic nitrogens is 2. The summed E-state index contributed by atoms with van der Waals surface area (Å²) in [6.45, 7) is 4.38. The first kappa shape index (κ1) is 14.9. The van der Waals surface area contributed by atoms with E-state index < -0.39 is 0 Å². The van der Waals surface area contributed by atoms with Crippen LogP contribution in [0.5, 0.6) is 0 Å². The molecule has 6 aromatic rings. The van der Waals surface area contributed by atoms with Crippen molar-refractivity contribution in [1.82, 2.24) is 4.40 Å². The second-order valence-electron chi connectivity index (χ2n) is 7.60. The van der Waals surface area contributed by atoms with E-state index in [1.165, 1.54) is 38.3 Å². The van der Waals surface area contributed by atoms with E-state index in [4.69, 9.17) is 0 Å². The molecule has 0 aliphatic rings. The molecule has 0 unspecified atom stereocenters. The van der Waals surface area contributed by atoms with E-state index in [9.17, 15) is 4.39 Å². The quantitative estimate of drug-likeness (QED) is 0.192. The van der Waals surface area contributed by atoms with Crippen LogP contribution in [0.4, 0.5) is 4.39 Å². The van der Waals surface area contributed by atoms with Crippen LogP contribution in [0, 0.1) is 19.7 Å². The smallest absolute Gasteiger partial charge is 0.238 e. The van der Waals surface area contributed by atoms with Crippen molar-refractivity contribution in [1.29, 1.82) is 0 Å². The highest BCUT2D eigenvalue weighted by Gasteiger charge is 2.24. The zero-order valence-electron chi connectivity index (χ0n) is 15.5. The number of aryl methyl sites for hydroxylation is 3. The van der Waals surface area contributed by atoms with E-state index in [-0.39, 0.29) is 5.82 Å². The number of pyridine rings is 2. The van der Waals surface area contributed by atoms with Crippen LogP contribution >= 0.6 is 0 Å². The van der Waals surface area contributed by atoms with Crippen molar-refractivity contribution in [2.24, 2.45) is 7.05 Å². The van der Waals surface area contributed by atoms with E-state index in [0.717, 1.165) is 21.8 Å². The van der Waals surface area contributed by atoms with Crippen molar-refractivity contribution in [3.63, 3.8) is 0 Å². The van der Waals surface area contributed by atoms with Gasteiger partial charge < -0.3 is 4.40 Å². The van der Waals surface area contributed by atoms with E-state index in [2.05, 4.69) is 66.4 Å². The number of rotatable bonds is 0. The first-order chi connectivity index (χ1) is 13.1. The summed E-state index contributed by atoms with van der Waals surface area (Å²) < 4.78 is 18.6.